The SMILES string of the molecule is CN(C)C(=O)CCNC(=O)N(C)CC[C@@H](O)c1ccccc1. The molecule has 0 spiro atoms. The molecule has 1 rings (SSSR count). The number of urea groups is 1. The second-order valence-corrected chi connectivity index (χ2v) is 5.41. The first-order valence-corrected chi connectivity index (χ1v) is 7.34. The van der Waals surface area contributed by atoms with Crippen LogP contribution in [0.2, 0.25) is 0 Å². The fourth-order valence-corrected chi connectivity index (χ4v) is 1.89. The van der Waals surface area contributed by atoms with Gasteiger partial charge in [-0.1, -0.05) is 30.3 Å². The van der Waals surface area contributed by atoms with Crippen molar-refractivity contribution in [3.05, 3.63) is 35.9 Å². The van der Waals surface area contributed by atoms with Crippen LogP contribution in [0.1, 0.15) is 24.5 Å². The summed E-state index contributed by atoms with van der Waals surface area (Å²) in [5.41, 5.74) is 0.841. The Kier molecular flexibility index (Phi) is 7.39. The van der Waals surface area contributed by atoms with Crippen LogP contribution in [-0.4, -0.2) is 61.1 Å². The standard InChI is InChI=1S/C16H25N3O3/c1-18(2)15(21)9-11-17-16(22)19(3)12-10-14(20)13-7-5-4-6-8-13/h4-8,14,20H,9-12H2,1-3H3,(H,17,22)/t14-/m1/s1. The van der Waals surface area contributed by atoms with Crippen molar-refractivity contribution in [3.8, 4) is 0 Å². The molecule has 0 aliphatic rings. The lowest BCUT2D eigenvalue weighted by molar-refractivity contribution is -0.128. The van der Waals surface area contributed by atoms with Crippen molar-refractivity contribution in [2.45, 2.75) is 18.9 Å². The number of aliphatic hydroxyl groups is 1. The van der Waals surface area contributed by atoms with E-state index in [9.17, 15) is 14.7 Å². The second-order valence-electron chi connectivity index (χ2n) is 5.41. The Balaban J connectivity index is 2.28. The highest BCUT2D eigenvalue weighted by atomic mass is 16.3. The summed E-state index contributed by atoms with van der Waals surface area (Å²) < 4.78 is 0. The smallest absolute Gasteiger partial charge is 0.317 e. The molecule has 3 amide bonds. The van der Waals surface area contributed by atoms with Crippen molar-refractivity contribution in [1.29, 1.82) is 0 Å². The first-order chi connectivity index (χ1) is 10.4. The molecular weight excluding hydrogens is 282 g/mol. The van der Waals surface area contributed by atoms with Crippen molar-refractivity contribution in [2.75, 3.05) is 34.2 Å². The summed E-state index contributed by atoms with van der Waals surface area (Å²) in [5, 5.41) is 12.7. The molecule has 6 nitrogen and oxygen atoms in total. The molecule has 0 saturated carbocycles. The van der Waals surface area contributed by atoms with Crippen molar-refractivity contribution >= 4 is 11.9 Å². The van der Waals surface area contributed by atoms with Gasteiger partial charge in [0.05, 0.1) is 6.10 Å². The zero-order valence-electron chi connectivity index (χ0n) is 13.5. The van der Waals surface area contributed by atoms with E-state index in [0.29, 0.717) is 19.5 Å². The lowest BCUT2D eigenvalue weighted by atomic mass is 10.1. The maximum atomic E-state index is 11.9. The van der Waals surface area contributed by atoms with Gasteiger partial charge in [0.1, 0.15) is 0 Å². The zero-order chi connectivity index (χ0) is 16.5. The molecule has 122 valence electrons. The third-order valence-electron chi connectivity index (χ3n) is 3.38. The van der Waals surface area contributed by atoms with E-state index in [4.69, 9.17) is 0 Å². The van der Waals surface area contributed by atoms with Crippen LogP contribution in [0.4, 0.5) is 4.79 Å². The summed E-state index contributed by atoms with van der Waals surface area (Å²) in [5.74, 6) is -0.0255. The largest absolute Gasteiger partial charge is 0.388 e. The molecular formula is C16H25N3O3. The highest BCUT2D eigenvalue weighted by Gasteiger charge is 2.13. The predicted molar refractivity (Wildman–Crippen MR) is 85.4 cm³/mol. The molecule has 6 heteroatoms. The van der Waals surface area contributed by atoms with Gasteiger partial charge in [-0.2, -0.15) is 0 Å². The van der Waals surface area contributed by atoms with Crippen molar-refractivity contribution in [2.24, 2.45) is 0 Å². The molecule has 1 atom stereocenters. The van der Waals surface area contributed by atoms with Gasteiger partial charge in [-0.3, -0.25) is 4.79 Å². The first-order valence-electron chi connectivity index (χ1n) is 7.34. The highest BCUT2D eigenvalue weighted by molar-refractivity contribution is 5.77. The minimum absolute atomic E-state index is 0.0255. The second kappa shape index (κ2) is 9.04. The average Bonchev–Trinajstić information content (AvgIpc) is 2.52. The molecule has 0 aromatic heterocycles. The maximum absolute atomic E-state index is 11.9. The van der Waals surface area contributed by atoms with Gasteiger partial charge in [0, 0.05) is 40.7 Å². The Bertz CT molecular complexity index is 477. The van der Waals surface area contributed by atoms with E-state index >= 15 is 0 Å². The van der Waals surface area contributed by atoms with E-state index < -0.39 is 6.10 Å². The van der Waals surface area contributed by atoms with E-state index in [1.807, 2.05) is 30.3 Å². The number of hydrogen-bond donors (Lipinski definition) is 2. The van der Waals surface area contributed by atoms with E-state index in [1.54, 1.807) is 21.1 Å². The molecule has 0 fully saturated rings. The number of amides is 3. The number of nitrogens with zero attached hydrogens (tertiary/aromatic N) is 2. The predicted octanol–water partition coefficient (Wildman–Crippen LogP) is 1.23. The Hall–Kier alpha value is -2.08. The number of nitrogens with one attached hydrogen (secondary N) is 1. The highest BCUT2D eigenvalue weighted by Crippen LogP contribution is 2.15. The van der Waals surface area contributed by atoms with Gasteiger partial charge in [0.15, 0.2) is 0 Å². The van der Waals surface area contributed by atoms with Gasteiger partial charge < -0.3 is 20.2 Å². The Morgan fingerprint density at radius 2 is 1.82 bits per heavy atom. The summed E-state index contributed by atoms with van der Waals surface area (Å²) in [6, 6.07) is 9.11. The summed E-state index contributed by atoms with van der Waals surface area (Å²) >= 11 is 0. The van der Waals surface area contributed by atoms with Gasteiger partial charge in [-0.25, -0.2) is 4.79 Å². The summed E-state index contributed by atoms with van der Waals surface area (Å²) in [7, 11) is 5.03. The number of benzene rings is 1. The minimum atomic E-state index is -0.591. The molecule has 0 saturated heterocycles. The lowest BCUT2D eigenvalue weighted by Gasteiger charge is -2.20. The third kappa shape index (κ3) is 6.13. The van der Waals surface area contributed by atoms with Crippen LogP contribution in [0, 0.1) is 0 Å². The molecule has 0 bridgehead atoms. The molecule has 0 heterocycles. The molecule has 1 aromatic rings. The van der Waals surface area contributed by atoms with Crippen molar-refractivity contribution < 1.29 is 14.7 Å². The van der Waals surface area contributed by atoms with Gasteiger partial charge in [0.2, 0.25) is 5.91 Å². The fraction of sp³-hybridized carbons (Fsp3) is 0.500. The molecule has 0 aliphatic heterocycles. The zero-order valence-corrected chi connectivity index (χ0v) is 13.5. The van der Waals surface area contributed by atoms with Crippen LogP contribution in [0.15, 0.2) is 30.3 Å². The number of carbonyl (C=O) groups is 2. The first kappa shape index (κ1) is 18.0. The number of carbonyl (C=O) groups excluding carboxylic acids is 2. The van der Waals surface area contributed by atoms with E-state index in [1.165, 1.54) is 9.80 Å². The molecule has 22 heavy (non-hydrogen) atoms. The van der Waals surface area contributed by atoms with Gasteiger partial charge in [-0.15, -0.1) is 0 Å². The van der Waals surface area contributed by atoms with Crippen LogP contribution in [0.3, 0.4) is 0 Å². The summed E-state index contributed by atoms with van der Waals surface area (Å²) in [6.07, 6.45) is 0.149. The summed E-state index contributed by atoms with van der Waals surface area (Å²) in [6.45, 7) is 0.741. The van der Waals surface area contributed by atoms with Gasteiger partial charge in [0.25, 0.3) is 0 Å². The number of rotatable bonds is 7. The average molecular weight is 307 g/mol. The molecule has 0 aliphatic carbocycles. The summed E-state index contributed by atoms with van der Waals surface area (Å²) in [4.78, 5) is 26.2. The Morgan fingerprint density at radius 3 is 2.41 bits per heavy atom. The topological polar surface area (TPSA) is 72.9 Å². The lowest BCUT2D eigenvalue weighted by Crippen LogP contribution is -2.39. The van der Waals surface area contributed by atoms with Crippen molar-refractivity contribution in [3.63, 3.8) is 0 Å². The number of aliphatic hydroxyl groups excluding tert-OH is 1. The van der Waals surface area contributed by atoms with Gasteiger partial charge >= 0.3 is 6.03 Å². The fourth-order valence-electron chi connectivity index (χ4n) is 1.89. The van der Waals surface area contributed by atoms with Crippen LogP contribution in [-0.2, 0) is 4.79 Å². The van der Waals surface area contributed by atoms with Crippen LogP contribution < -0.4 is 5.32 Å². The normalized spacial score (nSPS) is 11.6. The monoisotopic (exact) mass is 307 g/mol. The van der Waals surface area contributed by atoms with Gasteiger partial charge in [-0.05, 0) is 12.0 Å². The quantitative estimate of drug-likeness (QED) is 0.796. The minimum Gasteiger partial charge on any atom is -0.388 e. The van der Waals surface area contributed by atoms with E-state index in [2.05, 4.69) is 5.32 Å². The van der Waals surface area contributed by atoms with Crippen LogP contribution >= 0.6 is 0 Å². The van der Waals surface area contributed by atoms with Crippen LogP contribution in [0.5, 0.6) is 0 Å². The maximum Gasteiger partial charge on any atom is 0.317 e. The third-order valence-corrected chi connectivity index (χ3v) is 3.38. The van der Waals surface area contributed by atoms with E-state index in [0.717, 1.165) is 5.56 Å². The Labute approximate surface area is 131 Å². The molecule has 0 radical (unpaired) electrons. The van der Waals surface area contributed by atoms with E-state index in [-0.39, 0.29) is 18.4 Å². The molecule has 1 aromatic carbocycles. The van der Waals surface area contributed by atoms with Crippen molar-refractivity contribution in [1.82, 2.24) is 15.1 Å². The number of hydrogen-bond acceptors (Lipinski definition) is 3. The Morgan fingerprint density at radius 1 is 1.18 bits per heavy atom. The molecule has 2 N–H and O–H groups in total. The van der Waals surface area contributed by atoms with Crippen LogP contribution in [0.25, 0.3) is 0 Å². The molecule has 0 unspecified atom stereocenters.